The molecule has 8 nitrogen and oxygen atoms in total. The van der Waals surface area contributed by atoms with Gasteiger partial charge in [-0.15, -0.1) is 0 Å². The summed E-state index contributed by atoms with van der Waals surface area (Å²) in [5, 5.41) is 2.99. The fourth-order valence-electron chi connectivity index (χ4n) is 3.57. The molecule has 0 bridgehead atoms. The third kappa shape index (κ3) is 3.27. The highest BCUT2D eigenvalue weighted by molar-refractivity contribution is 6.04. The van der Waals surface area contributed by atoms with Gasteiger partial charge in [-0.2, -0.15) is 0 Å². The lowest BCUT2D eigenvalue weighted by atomic mass is 9.98. The third-order valence-corrected chi connectivity index (χ3v) is 5.19. The van der Waals surface area contributed by atoms with Gasteiger partial charge in [0.05, 0.1) is 17.3 Å². The Balaban J connectivity index is 1.59. The summed E-state index contributed by atoms with van der Waals surface area (Å²) in [5.74, 6) is 0.532. The number of aromatic nitrogens is 3. The van der Waals surface area contributed by atoms with E-state index in [4.69, 9.17) is 4.98 Å². The Kier molecular flexibility index (Phi) is 4.13. The monoisotopic (exact) mass is 368 g/mol. The second-order valence-corrected chi connectivity index (χ2v) is 7.80. The molecule has 1 saturated heterocycles. The molecular formula is C19H24N6O2. The molecule has 0 spiro atoms. The number of hydrogen-bond acceptors (Lipinski definition) is 5. The van der Waals surface area contributed by atoms with Gasteiger partial charge in [-0.05, 0) is 32.8 Å². The topological polar surface area (TPSA) is 94.2 Å². The number of nitrogens with one attached hydrogen (secondary N) is 2. The molecule has 1 aliphatic heterocycles. The van der Waals surface area contributed by atoms with E-state index in [1.54, 1.807) is 12.4 Å². The first-order valence-corrected chi connectivity index (χ1v) is 9.23. The van der Waals surface area contributed by atoms with E-state index in [9.17, 15) is 9.59 Å². The van der Waals surface area contributed by atoms with Crippen LogP contribution in [0.5, 0.6) is 0 Å². The summed E-state index contributed by atoms with van der Waals surface area (Å²) in [4.78, 5) is 40.6. The van der Waals surface area contributed by atoms with Gasteiger partial charge in [0.2, 0.25) is 5.91 Å². The fourth-order valence-corrected chi connectivity index (χ4v) is 3.57. The molecule has 3 heterocycles. The summed E-state index contributed by atoms with van der Waals surface area (Å²) in [6.07, 6.45) is 6.80. The highest BCUT2D eigenvalue weighted by Crippen LogP contribution is 2.26. The van der Waals surface area contributed by atoms with Crippen LogP contribution in [0.2, 0.25) is 0 Å². The smallest absolute Gasteiger partial charge is 0.255 e. The van der Waals surface area contributed by atoms with Gasteiger partial charge in [0.25, 0.3) is 5.91 Å². The van der Waals surface area contributed by atoms with E-state index in [0.29, 0.717) is 42.2 Å². The zero-order valence-corrected chi connectivity index (χ0v) is 15.7. The number of H-pyrrole nitrogens is 1. The molecular weight excluding hydrogens is 344 g/mol. The quantitative estimate of drug-likeness (QED) is 0.797. The molecule has 4 rings (SSSR count). The molecule has 2 N–H and O–H groups in total. The molecule has 2 aromatic rings. The lowest BCUT2D eigenvalue weighted by Gasteiger charge is -2.47. The minimum atomic E-state index is -0.357. The number of nitrogens with zero attached hydrogens (tertiary/aromatic N) is 4. The maximum Gasteiger partial charge on any atom is 0.255 e. The van der Waals surface area contributed by atoms with E-state index >= 15 is 0 Å². The van der Waals surface area contributed by atoms with Gasteiger partial charge in [-0.25, -0.2) is 9.97 Å². The SMILES string of the molecule is C=CC(=O)N1CCN(c2cnc3[nH]cc(C(=O)NC4CC4)c3n2)CC1(C)C. The molecule has 0 atom stereocenters. The molecule has 0 aromatic carbocycles. The van der Waals surface area contributed by atoms with Crippen molar-refractivity contribution in [2.24, 2.45) is 0 Å². The zero-order valence-electron chi connectivity index (χ0n) is 15.7. The average molecular weight is 368 g/mol. The van der Waals surface area contributed by atoms with Crippen LogP contribution in [-0.4, -0.2) is 62.9 Å². The minimum absolute atomic E-state index is 0.0640. The van der Waals surface area contributed by atoms with Crippen molar-refractivity contribution in [2.75, 3.05) is 24.5 Å². The molecule has 2 fully saturated rings. The van der Waals surface area contributed by atoms with Crippen molar-refractivity contribution in [3.8, 4) is 0 Å². The highest BCUT2D eigenvalue weighted by atomic mass is 16.2. The Bertz CT molecular complexity index is 914. The number of amides is 2. The summed E-state index contributed by atoms with van der Waals surface area (Å²) in [7, 11) is 0. The van der Waals surface area contributed by atoms with Crippen LogP contribution in [0.1, 0.15) is 37.0 Å². The van der Waals surface area contributed by atoms with Gasteiger partial charge >= 0.3 is 0 Å². The highest BCUT2D eigenvalue weighted by Gasteiger charge is 2.36. The number of fused-ring (bicyclic) bond motifs is 1. The first-order chi connectivity index (χ1) is 12.9. The Hall–Kier alpha value is -2.90. The molecule has 0 radical (unpaired) electrons. The number of carbonyl (C=O) groups excluding carboxylic acids is 2. The Morgan fingerprint density at radius 1 is 1.37 bits per heavy atom. The lowest BCUT2D eigenvalue weighted by molar-refractivity contribution is -0.131. The van der Waals surface area contributed by atoms with E-state index < -0.39 is 0 Å². The Morgan fingerprint density at radius 2 is 2.15 bits per heavy atom. The van der Waals surface area contributed by atoms with E-state index in [1.165, 1.54) is 6.08 Å². The predicted octanol–water partition coefficient (Wildman–Crippen LogP) is 1.46. The van der Waals surface area contributed by atoms with Gasteiger partial charge in [0, 0.05) is 31.9 Å². The fraction of sp³-hybridized carbons (Fsp3) is 0.474. The van der Waals surface area contributed by atoms with Crippen LogP contribution in [0.4, 0.5) is 5.82 Å². The van der Waals surface area contributed by atoms with Gasteiger partial charge in [-0.1, -0.05) is 6.58 Å². The van der Waals surface area contributed by atoms with Crippen LogP contribution in [0.15, 0.2) is 25.0 Å². The first-order valence-electron chi connectivity index (χ1n) is 9.23. The molecule has 2 amide bonds. The largest absolute Gasteiger partial charge is 0.351 e. The van der Waals surface area contributed by atoms with E-state index in [-0.39, 0.29) is 23.4 Å². The van der Waals surface area contributed by atoms with Crippen molar-refractivity contribution in [1.29, 1.82) is 0 Å². The molecule has 2 aromatic heterocycles. The van der Waals surface area contributed by atoms with Crippen molar-refractivity contribution in [3.63, 3.8) is 0 Å². The number of carbonyl (C=O) groups is 2. The van der Waals surface area contributed by atoms with Crippen molar-refractivity contribution in [2.45, 2.75) is 38.3 Å². The average Bonchev–Trinajstić information content (AvgIpc) is 3.35. The van der Waals surface area contributed by atoms with E-state index in [0.717, 1.165) is 12.8 Å². The van der Waals surface area contributed by atoms with E-state index in [1.807, 2.05) is 18.7 Å². The van der Waals surface area contributed by atoms with Gasteiger partial charge in [0.1, 0.15) is 11.3 Å². The zero-order chi connectivity index (χ0) is 19.2. The molecule has 142 valence electrons. The Labute approximate surface area is 157 Å². The Morgan fingerprint density at radius 3 is 2.81 bits per heavy atom. The minimum Gasteiger partial charge on any atom is -0.351 e. The number of piperazine rings is 1. The van der Waals surface area contributed by atoms with Crippen LogP contribution < -0.4 is 10.2 Å². The molecule has 0 unspecified atom stereocenters. The van der Waals surface area contributed by atoms with Crippen LogP contribution >= 0.6 is 0 Å². The maximum absolute atomic E-state index is 12.4. The maximum atomic E-state index is 12.4. The number of rotatable bonds is 4. The first kappa shape index (κ1) is 17.5. The van der Waals surface area contributed by atoms with E-state index in [2.05, 4.69) is 26.8 Å². The van der Waals surface area contributed by atoms with Crippen molar-refractivity contribution >= 4 is 28.8 Å². The summed E-state index contributed by atoms with van der Waals surface area (Å²) >= 11 is 0. The second kappa shape index (κ2) is 6.37. The van der Waals surface area contributed by atoms with Crippen molar-refractivity contribution in [3.05, 3.63) is 30.6 Å². The summed E-state index contributed by atoms with van der Waals surface area (Å²) in [6, 6.07) is 0.287. The molecule has 27 heavy (non-hydrogen) atoms. The van der Waals surface area contributed by atoms with Crippen molar-refractivity contribution < 1.29 is 9.59 Å². The number of anilines is 1. The molecule has 8 heteroatoms. The normalized spacial score (nSPS) is 19.2. The molecule has 1 aliphatic carbocycles. The number of hydrogen-bond donors (Lipinski definition) is 2. The third-order valence-electron chi connectivity index (χ3n) is 5.19. The molecule has 1 saturated carbocycles. The summed E-state index contributed by atoms with van der Waals surface area (Å²) < 4.78 is 0. The summed E-state index contributed by atoms with van der Waals surface area (Å²) in [6.45, 7) is 9.50. The standard InChI is InChI=1S/C19H24N6O2/c1-4-15(26)25-8-7-24(11-19(25,2)3)14-10-21-17-16(23-14)13(9-20-17)18(27)22-12-5-6-12/h4,9-10,12H,1,5-8,11H2,2-3H3,(H,20,21)(H,22,27). The summed E-state index contributed by atoms with van der Waals surface area (Å²) in [5.41, 5.74) is 1.34. The van der Waals surface area contributed by atoms with Crippen LogP contribution in [0.3, 0.4) is 0 Å². The van der Waals surface area contributed by atoms with Crippen LogP contribution in [0.25, 0.3) is 11.2 Å². The van der Waals surface area contributed by atoms with Gasteiger partial charge in [0.15, 0.2) is 5.65 Å². The van der Waals surface area contributed by atoms with Gasteiger partial charge < -0.3 is 20.1 Å². The van der Waals surface area contributed by atoms with Crippen LogP contribution in [0, 0.1) is 0 Å². The van der Waals surface area contributed by atoms with Crippen molar-refractivity contribution in [1.82, 2.24) is 25.2 Å². The van der Waals surface area contributed by atoms with Crippen LogP contribution in [-0.2, 0) is 4.79 Å². The van der Waals surface area contributed by atoms with Gasteiger partial charge in [-0.3, -0.25) is 9.59 Å². The second-order valence-electron chi connectivity index (χ2n) is 7.80. The predicted molar refractivity (Wildman–Crippen MR) is 103 cm³/mol. The number of aromatic amines is 1. The molecule has 2 aliphatic rings. The lowest BCUT2D eigenvalue weighted by Crippen LogP contribution is -2.61.